The van der Waals surface area contributed by atoms with Gasteiger partial charge in [-0.15, -0.1) is 0 Å². The molecule has 13 heavy (non-hydrogen) atoms. The molecule has 0 radical (unpaired) electrons. The van der Waals surface area contributed by atoms with Gasteiger partial charge in [0, 0.05) is 12.7 Å². The molecule has 1 aromatic rings. The van der Waals surface area contributed by atoms with Gasteiger partial charge in [-0.3, -0.25) is 4.68 Å². The molecule has 1 aromatic heterocycles. The van der Waals surface area contributed by atoms with Gasteiger partial charge < -0.3 is 0 Å². The van der Waals surface area contributed by atoms with Gasteiger partial charge in [-0.25, -0.2) is 0 Å². The highest BCUT2D eigenvalue weighted by molar-refractivity contribution is 9.10. The maximum atomic E-state index is 8.68. The van der Waals surface area contributed by atoms with Crippen molar-refractivity contribution in [3.8, 4) is 6.07 Å². The first-order valence-corrected chi connectivity index (χ1v) is 5.22. The number of nitriles is 1. The summed E-state index contributed by atoms with van der Waals surface area (Å²) in [5.74, 6) is 0.776. The minimum absolute atomic E-state index is 0.485. The van der Waals surface area contributed by atoms with E-state index >= 15 is 0 Å². The van der Waals surface area contributed by atoms with Crippen molar-refractivity contribution in [3.63, 3.8) is 0 Å². The molecule has 1 saturated carbocycles. The van der Waals surface area contributed by atoms with Gasteiger partial charge >= 0.3 is 0 Å². The van der Waals surface area contributed by atoms with Gasteiger partial charge in [0.15, 0.2) is 5.69 Å². The van der Waals surface area contributed by atoms with E-state index in [-0.39, 0.29) is 0 Å². The van der Waals surface area contributed by atoms with Crippen molar-refractivity contribution in [1.29, 1.82) is 5.26 Å². The Balaban J connectivity index is 2.08. The first-order chi connectivity index (χ1) is 6.29. The molecule has 4 heteroatoms. The molecule has 0 amide bonds. The minimum Gasteiger partial charge on any atom is -0.270 e. The third-order valence-corrected chi connectivity index (χ3v) is 3.07. The van der Waals surface area contributed by atoms with Crippen LogP contribution in [0.25, 0.3) is 0 Å². The summed E-state index contributed by atoms with van der Waals surface area (Å²) in [6.07, 6.45) is 5.84. The monoisotopic (exact) mass is 239 g/mol. The highest BCUT2D eigenvalue weighted by Crippen LogP contribution is 2.28. The van der Waals surface area contributed by atoms with Gasteiger partial charge in [0.25, 0.3) is 0 Å². The topological polar surface area (TPSA) is 41.6 Å². The Kier molecular flexibility index (Phi) is 2.36. The quantitative estimate of drug-likeness (QED) is 0.795. The van der Waals surface area contributed by atoms with Crippen LogP contribution in [0.15, 0.2) is 10.7 Å². The van der Waals surface area contributed by atoms with E-state index in [1.165, 1.54) is 19.3 Å². The van der Waals surface area contributed by atoms with Crippen molar-refractivity contribution in [3.05, 3.63) is 16.4 Å². The lowest BCUT2D eigenvalue weighted by Gasteiger charge is -2.24. The van der Waals surface area contributed by atoms with Crippen LogP contribution in [0.1, 0.15) is 25.0 Å². The molecule has 0 aromatic carbocycles. The van der Waals surface area contributed by atoms with Gasteiger partial charge in [0.2, 0.25) is 0 Å². The highest BCUT2D eigenvalue weighted by Gasteiger charge is 2.18. The summed E-state index contributed by atoms with van der Waals surface area (Å²) in [7, 11) is 0. The molecule has 0 N–H and O–H groups in total. The van der Waals surface area contributed by atoms with Gasteiger partial charge in [-0.2, -0.15) is 10.4 Å². The van der Waals surface area contributed by atoms with E-state index in [0.29, 0.717) is 5.69 Å². The van der Waals surface area contributed by atoms with Crippen LogP contribution in [0.5, 0.6) is 0 Å². The Labute approximate surface area is 85.5 Å². The van der Waals surface area contributed by atoms with Gasteiger partial charge in [0.05, 0.1) is 4.47 Å². The average Bonchev–Trinajstić information content (AvgIpc) is 2.39. The SMILES string of the molecule is N#Cc1nn(CC2CCC2)cc1Br. The normalized spacial score (nSPS) is 16.6. The summed E-state index contributed by atoms with van der Waals surface area (Å²) < 4.78 is 2.67. The number of aromatic nitrogens is 2. The maximum Gasteiger partial charge on any atom is 0.176 e. The van der Waals surface area contributed by atoms with Crippen molar-refractivity contribution in [2.75, 3.05) is 0 Å². The first kappa shape index (κ1) is 8.76. The molecular formula is C9H10BrN3. The maximum absolute atomic E-state index is 8.68. The fourth-order valence-corrected chi connectivity index (χ4v) is 1.91. The summed E-state index contributed by atoms with van der Waals surface area (Å²) in [5, 5.41) is 12.8. The molecule has 0 spiro atoms. The zero-order chi connectivity index (χ0) is 9.26. The minimum atomic E-state index is 0.485. The van der Waals surface area contributed by atoms with Crippen molar-refractivity contribution < 1.29 is 0 Å². The van der Waals surface area contributed by atoms with Crippen LogP contribution in [0.3, 0.4) is 0 Å². The Morgan fingerprint density at radius 3 is 2.92 bits per heavy atom. The summed E-state index contributed by atoms with van der Waals surface area (Å²) in [4.78, 5) is 0. The molecule has 3 nitrogen and oxygen atoms in total. The third kappa shape index (κ3) is 1.75. The molecule has 0 atom stereocenters. The van der Waals surface area contributed by atoms with E-state index in [4.69, 9.17) is 5.26 Å². The number of hydrogen-bond donors (Lipinski definition) is 0. The second-order valence-corrected chi connectivity index (χ2v) is 4.31. The van der Waals surface area contributed by atoms with Crippen LogP contribution in [0, 0.1) is 17.2 Å². The average molecular weight is 240 g/mol. The van der Waals surface area contributed by atoms with E-state index in [9.17, 15) is 0 Å². The molecule has 0 unspecified atom stereocenters. The number of hydrogen-bond acceptors (Lipinski definition) is 2. The van der Waals surface area contributed by atoms with Crippen molar-refractivity contribution >= 4 is 15.9 Å². The lowest BCUT2D eigenvalue weighted by Crippen LogP contribution is -2.18. The predicted octanol–water partition coefficient (Wildman–Crippen LogP) is 2.32. The standard InChI is InChI=1S/C9H10BrN3/c10-8-6-13(12-9(8)4-11)5-7-2-1-3-7/h6-7H,1-3,5H2. The fourth-order valence-electron chi connectivity index (χ4n) is 1.51. The van der Waals surface area contributed by atoms with E-state index in [0.717, 1.165) is 16.9 Å². The third-order valence-electron chi connectivity index (χ3n) is 2.49. The lowest BCUT2D eigenvalue weighted by molar-refractivity contribution is 0.266. The van der Waals surface area contributed by atoms with Crippen LogP contribution >= 0.6 is 15.9 Å². The van der Waals surface area contributed by atoms with Crippen LogP contribution in [0.4, 0.5) is 0 Å². The summed E-state index contributed by atoms with van der Waals surface area (Å²) >= 11 is 3.30. The van der Waals surface area contributed by atoms with Gasteiger partial charge in [-0.1, -0.05) is 6.42 Å². The van der Waals surface area contributed by atoms with E-state index < -0.39 is 0 Å². The van der Waals surface area contributed by atoms with Gasteiger partial charge in [-0.05, 0) is 34.7 Å². The number of nitrogens with zero attached hydrogens (tertiary/aromatic N) is 3. The van der Waals surface area contributed by atoms with Crippen LogP contribution in [0.2, 0.25) is 0 Å². The Bertz CT molecular complexity index is 346. The number of halogens is 1. The molecule has 1 aliphatic rings. The molecular weight excluding hydrogens is 230 g/mol. The molecule has 1 aliphatic carbocycles. The predicted molar refractivity (Wildman–Crippen MR) is 52.0 cm³/mol. The van der Waals surface area contributed by atoms with E-state index in [1.807, 2.05) is 16.9 Å². The summed E-state index contributed by atoms with van der Waals surface area (Å²) in [5.41, 5.74) is 0.485. The second-order valence-electron chi connectivity index (χ2n) is 3.46. The van der Waals surface area contributed by atoms with Crippen LogP contribution in [-0.2, 0) is 6.54 Å². The molecule has 1 heterocycles. The Morgan fingerprint density at radius 2 is 2.46 bits per heavy atom. The van der Waals surface area contributed by atoms with Crippen molar-refractivity contribution in [2.45, 2.75) is 25.8 Å². The molecule has 1 fully saturated rings. The zero-order valence-electron chi connectivity index (χ0n) is 7.20. The summed E-state index contributed by atoms with van der Waals surface area (Å²) in [6.45, 7) is 0.959. The van der Waals surface area contributed by atoms with Crippen molar-refractivity contribution in [2.24, 2.45) is 5.92 Å². The number of rotatable bonds is 2. The Morgan fingerprint density at radius 1 is 1.69 bits per heavy atom. The molecule has 0 bridgehead atoms. The Hall–Kier alpha value is -0.820. The van der Waals surface area contributed by atoms with E-state index in [2.05, 4.69) is 21.0 Å². The van der Waals surface area contributed by atoms with Crippen LogP contribution < -0.4 is 0 Å². The molecule has 0 aliphatic heterocycles. The fraction of sp³-hybridized carbons (Fsp3) is 0.556. The second kappa shape index (κ2) is 3.51. The van der Waals surface area contributed by atoms with Crippen LogP contribution in [-0.4, -0.2) is 9.78 Å². The van der Waals surface area contributed by atoms with E-state index in [1.54, 1.807) is 0 Å². The van der Waals surface area contributed by atoms with Crippen molar-refractivity contribution in [1.82, 2.24) is 9.78 Å². The highest BCUT2D eigenvalue weighted by atomic mass is 79.9. The largest absolute Gasteiger partial charge is 0.270 e. The lowest BCUT2D eigenvalue weighted by atomic mass is 9.85. The molecule has 0 saturated heterocycles. The molecule has 68 valence electrons. The van der Waals surface area contributed by atoms with Gasteiger partial charge in [0.1, 0.15) is 6.07 Å². The summed E-state index contributed by atoms with van der Waals surface area (Å²) in [6, 6.07) is 2.05. The zero-order valence-corrected chi connectivity index (χ0v) is 8.79. The first-order valence-electron chi connectivity index (χ1n) is 4.42. The molecule has 2 rings (SSSR count). The smallest absolute Gasteiger partial charge is 0.176 e.